The highest BCUT2D eigenvalue weighted by atomic mass is 16.1. The molecule has 1 aromatic carbocycles. The molecule has 1 aliphatic heterocycles. The van der Waals surface area contributed by atoms with E-state index in [2.05, 4.69) is 36.6 Å². The summed E-state index contributed by atoms with van der Waals surface area (Å²) in [5.74, 6) is 1.46. The van der Waals surface area contributed by atoms with Gasteiger partial charge >= 0.3 is 0 Å². The van der Waals surface area contributed by atoms with Crippen molar-refractivity contribution in [1.29, 1.82) is 0 Å². The number of amides is 1. The zero-order valence-corrected chi connectivity index (χ0v) is 12.6. The van der Waals surface area contributed by atoms with E-state index in [1.54, 1.807) is 0 Å². The minimum atomic E-state index is 0.180. The molecule has 20 heavy (non-hydrogen) atoms. The van der Waals surface area contributed by atoms with Gasteiger partial charge in [0.05, 0.1) is 0 Å². The summed E-state index contributed by atoms with van der Waals surface area (Å²) in [6.07, 6.45) is 2.59. The second-order valence-corrected chi connectivity index (χ2v) is 5.96. The Balaban J connectivity index is 1.71. The van der Waals surface area contributed by atoms with E-state index in [1.807, 2.05) is 12.1 Å². The molecular weight excluding hydrogens is 248 g/mol. The molecular formula is C17H26N2O. The van der Waals surface area contributed by atoms with Gasteiger partial charge in [-0.05, 0) is 55.8 Å². The summed E-state index contributed by atoms with van der Waals surface area (Å²) in [7, 11) is 0. The van der Waals surface area contributed by atoms with Crippen LogP contribution in [-0.2, 0) is 11.2 Å². The second-order valence-electron chi connectivity index (χ2n) is 5.96. The topological polar surface area (TPSA) is 41.1 Å². The fourth-order valence-corrected chi connectivity index (χ4v) is 2.84. The van der Waals surface area contributed by atoms with E-state index < -0.39 is 0 Å². The van der Waals surface area contributed by atoms with Crippen LogP contribution < -0.4 is 10.6 Å². The number of carbonyl (C=O) groups excluding carboxylic acids is 1. The van der Waals surface area contributed by atoms with E-state index in [0.29, 0.717) is 18.3 Å². The maximum Gasteiger partial charge on any atom is 0.220 e. The number of benzene rings is 1. The van der Waals surface area contributed by atoms with Crippen LogP contribution in [0, 0.1) is 18.8 Å². The zero-order chi connectivity index (χ0) is 14.4. The number of aryl methyl sites for hydroxylation is 2. The lowest BCUT2D eigenvalue weighted by atomic mass is 9.88. The van der Waals surface area contributed by atoms with Gasteiger partial charge in [-0.25, -0.2) is 0 Å². The molecule has 0 aliphatic carbocycles. The quantitative estimate of drug-likeness (QED) is 0.865. The van der Waals surface area contributed by atoms with E-state index >= 15 is 0 Å². The Labute approximate surface area is 122 Å². The number of rotatable bonds is 5. The summed E-state index contributed by atoms with van der Waals surface area (Å²) in [5.41, 5.74) is 2.55. The first-order valence-corrected chi connectivity index (χ1v) is 7.68. The van der Waals surface area contributed by atoms with Gasteiger partial charge in [-0.1, -0.05) is 31.2 Å². The van der Waals surface area contributed by atoms with Crippen molar-refractivity contribution in [3.05, 3.63) is 35.4 Å². The lowest BCUT2D eigenvalue weighted by Crippen LogP contribution is -2.41. The highest BCUT2D eigenvalue weighted by molar-refractivity contribution is 5.76. The van der Waals surface area contributed by atoms with E-state index in [4.69, 9.17) is 0 Å². The van der Waals surface area contributed by atoms with E-state index in [0.717, 1.165) is 26.1 Å². The molecule has 0 saturated carbocycles. The molecule has 1 amide bonds. The second kappa shape index (κ2) is 7.44. The summed E-state index contributed by atoms with van der Waals surface area (Å²) in [5, 5.41) is 6.50. The van der Waals surface area contributed by atoms with Crippen molar-refractivity contribution < 1.29 is 4.79 Å². The molecule has 3 nitrogen and oxygen atoms in total. The molecule has 1 saturated heterocycles. The highest BCUT2D eigenvalue weighted by Gasteiger charge is 2.21. The van der Waals surface area contributed by atoms with Crippen molar-refractivity contribution >= 4 is 5.91 Å². The minimum Gasteiger partial charge on any atom is -0.356 e. The van der Waals surface area contributed by atoms with Crippen LogP contribution in [0.3, 0.4) is 0 Å². The summed E-state index contributed by atoms with van der Waals surface area (Å²) >= 11 is 0. The molecule has 1 aromatic rings. The Morgan fingerprint density at radius 1 is 1.40 bits per heavy atom. The van der Waals surface area contributed by atoms with Crippen molar-refractivity contribution in [3.63, 3.8) is 0 Å². The highest BCUT2D eigenvalue weighted by Crippen LogP contribution is 2.17. The summed E-state index contributed by atoms with van der Waals surface area (Å²) in [4.78, 5) is 12.0. The Morgan fingerprint density at radius 2 is 2.20 bits per heavy atom. The predicted octanol–water partition coefficient (Wildman–Crippen LogP) is 2.29. The Bertz CT molecular complexity index is 444. The predicted molar refractivity (Wildman–Crippen MR) is 82.7 cm³/mol. The smallest absolute Gasteiger partial charge is 0.220 e. The average Bonchev–Trinajstić information content (AvgIpc) is 2.45. The third-order valence-electron chi connectivity index (χ3n) is 4.41. The van der Waals surface area contributed by atoms with Crippen LogP contribution in [0.1, 0.15) is 30.9 Å². The first kappa shape index (κ1) is 15.0. The van der Waals surface area contributed by atoms with Gasteiger partial charge in [0.15, 0.2) is 0 Å². The lowest BCUT2D eigenvalue weighted by molar-refractivity contribution is -0.121. The molecule has 1 fully saturated rings. The van der Waals surface area contributed by atoms with Crippen LogP contribution in [0.2, 0.25) is 0 Å². The zero-order valence-electron chi connectivity index (χ0n) is 12.6. The molecule has 1 aliphatic rings. The molecule has 0 radical (unpaired) electrons. The molecule has 3 heteroatoms. The summed E-state index contributed by atoms with van der Waals surface area (Å²) in [6, 6.07) is 8.29. The van der Waals surface area contributed by atoms with Crippen LogP contribution in [0.5, 0.6) is 0 Å². The first-order valence-electron chi connectivity index (χ1n) is 7.68. The maximum atomic E-state index is 12.0. The van der Waals surface area contributed by atoms with Crippen molar-refractivity contribution in [3.8, 4) is 0 Å². The number of hydrogen-bond donors (Lipinski definition) is 2. The van der Waals surface area contributed by atoms with Crippen molar-refractivity contribution in [1.82, 2.24) is 10.6 Å². The number of hydrogen-bond acceptors (Lipinski definition) is 2. The van der Waals surface area contributed by atoms with Gasteiger partial charge in [0.25, 0.3) is 0 Å². The SMILES string of the molecule is Cc1ccccc1CCC(=O)NCC1CCNCC1C. The minimum absolute atomic E-state index is 0.180. The van der Waals surface area contributed by atoms with Crippen LogP contribution in [0.4, 0.5) is 0 Å². The van der Waals surface area contributed by atoms with Crippen molar-refractivity contribution in [2.75, 3.05) is 19.6 Å². The third kappa shape index (κ3) is 4.34. The van der Waals surface area contributed by atoms with Crippen LogP contribution in [0.15, 0.2) is 24.3 Å². The third-order valence-corrected chi connectivity index (χ3v) is 4.41. The fourth-order valence-electron chi connectivity index (χ4n) is 2.84. The molecule has 0 bridgehead atoms. The average molecular weight is 274 g/mol. The van der Waals surface area contributed by atoms with E-state index in [9.17, 15) is 4.79 Å². The Kier molecular flexibility index (Phi) is 5.60. The van der Waals surface area contributed by atoms with E-state index in [-0.39, 0.29) is 5.91 Å². The van der Waals surface area contributed by atoms with Gasteiger partial charge in [-0.3, -0.25) is 4.79 Å². The van der Waals surface area contributed by atoms with Gasteiger partial charge in [-0.15, -0.1) is 0 Å². The standard InChI is InChI=1S/C17H26N2O/c1-13-5-3-4-6-15(13)7-8-17(20)19-12-16-9-10-18-11-14(16)2/h3-6,14,16,18H,7-12H2,1-2H3,(H,19,20). The summed E-state index contributed by atoms with van der Waals surface area (Å²) in [6.45, 7) is 7.34. The van der Waals surface area contributed by atoms with Gasteiger partial charge in [-0.2, -0.15) is 0 Å². The molecule has 110 valence electrons. The van der Waals surface area contributed by atoms with Crippen molar-refractivity contribution in [2.45, 2.75) is 33.1 Å². The van der Waals surface area contributed by atoms with Crippen LogP contribution in [-0.4, -0.2) is 25.5 Å². The maximum absolute atomic E-state index is 12.0. The lowest BCUT2D eigenvalue weighted by Gasteiger charge is -2.29. The molecule has 0 spiro atoms. The van der Waals surface area contributed by atoms with Gasteiger partial charge in [0.2, 0.25) is 5.91 Å². The molecule has 1 heterocycles. The monoisotopic (exact) mass is 274 g/mol. The normalized spacial score (nSPS) is 22.5. The molecule has 0 aromatic heterocycles. The first-order chi connectivity index (χ1) is 9.66. The Morgan fingerprint density at radius 3 is 2.95 bits per heavy atom. The van der Waals surface area contributed by atoms with E-state index in [1.165, 1.54) is 17.5 Å². The summed E-state index contributed by atoms with van der Waals surface area (Å²) < 4.78 is 0. The number of carbonyl (C=O) groups is 1. The Hall–Kier alpha value is -1.35. The van der Waals surface area contributed by atoms with Crippen LogP contribution in [0.25, 0.3) is 0 Å². The van der Waals surface area contributed by atoms with Gasteiger partial charge < -0.3 is 10.6 Å². The van der Waals surface area contributed by atoms with Gasteiger partial charge in [0.1, 0.15) is 0 Å². The molecule has 2 rings (SSSR count). The van der Waals surface area contributed by atoms with Crippen LogP contribution >= 0.6 is 0 Å². The fraction of sp³-hybridized carbons (Fsp3) is 0.588. The van der Waals surface area contributed by atoms with Gasteiger partial charge in [0, 0.05) is 13.0 Å². The van der Waals surface area contributed by atoms with Crippen molar-refractivity contribution in [2.24, 2.45) is 11.8 Å². The number of piperidine rings is 1. The largest absolute Gasteiger partial charge is 0.356 e. The molecule has 2 N–H and O–H groups in total. The number of nitrogens with one attached hydrogen (secondary N) is 2. The molecule has 2 unspecified atom stereocenters. The molecule has 2 atom stereocenters.